The van der Waals surface area contributed by atoms with Gasteiger partial charge in [0, 0.05) is 22.7 Å². The van der Waals surface area contributed by atoms with Crippen molar-refractivity contribution in [1.29, 1.82) is 0 Å². The molecule has 5 aromatic rings. The van der Waals surface area contributed by atoms with Crippen molar-refractivity contribution in [2.45, 2.75) is 12.8 Å². The molecule has 0 heterocycles. The molecule has 182 valence electrons. The van der Waals surface area contributed by atoms with Gasteiger partial charge >= 0.3 is 5.97 Å². The molecule has 0 atom stereocenters. The molecule has 0 spiro atoms. The van der Waals surface area contributed by atoms with Crippen LogP contribution in [0.5, 0.6) is 0 Å². The minimum atomic E-state index is -0.943. The molecule has 4 heteroatoms. The van der Waals surface area contributed by atoms with Gasteiger partial charge in [-0.1, -0.05) is 72.8 Å². The van der Waals surface area contributed by atoms with E-state index in [0.29, 0.717) is 5.69 Å². The van der Waals surface area contributed by atoms with E-state index in [4.69, 9.17) is 0 Å². The van der Waals surface area contributed by atoms with Crippen LogP contribution in [0.15, 0.2) is 133 Å². The SMILES string of the molecule is O=C(O)c1ccc(CCc2ccc(N(c3ccccc3)c3ccccc3)cc2)cc1Nc1ccccc1. The lowest BCUT2D eigenvalue weighted by atomic mass is 10.0. The summed E-state index contributed by atoms with van der Waals surface area (Å²) >= 11 is 0. The Balaban J connectivity index is 1.33. The highest BCUT2D eigenvalue weighted by Crippen LogP contribution is 2.34. The molecule has 0 unspecified atom stereocenters. The molecule has 0 fully saturated rings. The fraction of sp³-hybridized carbons (Fsp3) is 0.0606. The molecule has 0 radical (unpaired) electrons. The van der Waals surface area contributed by atoms with Crippen LogP contribution >= 0.6 is 0 Å². The Labute approximate surface area is 217 Å². The number of hydrogen-bond acceptors (Lipinski definition) is 3. The maximum Gasteiger partial charge on any atom is 0.337 e. The lowest BCUT2D eigenvalue weighted by Gasteiger charge is -2.25. The molecule has 2 N–H and O–H groups in total. The third kappa shape index (κ3) is 5.88. The normalized spacial score (nSPS) is 10.6. The van der Waals surface area contributed by atoms with E-state index in [1.807, 2.05) is 54.6 Å². The summed E-state index contributed by atoms with van der Waals surface area (Å²) in [5.74, 6) is -0.943. The van der Waals surface area contributed by atoms with E-state index in [9.17, 15) is 9.90 Å². The summed E-state index contributed by atoms with van der Waals surface area (Å²) in [4.78, 5) is 14.0. The lowest BCUT2D eigenvalue weighted by Crippen LogP contribution is -2.09. The molecular formula is C33H28N2O2. The number of carboxylic acids is 1. The zero-order valence-corrected chi connectivity index (χ0v) is 20.4. The quantitative estimate of drug-likeness (QED) is 0.221. The highest BCUT2D eigenvalue weighted by atomic mass is 16.4. The maximum atomic E-state index is 11.8. The monoisotopic (exact) mass is 484 g/mol. The number of hydrogen-bond donors (Lipinski definition) is 2. The molecule has 0 saturated heterocycles. The molecule has 0 aliphatic heterocycles. The van der Waals surface area contributed by atoms with Crippen molar-refractivity contribution in [3.63, 3.8) is 0 Å². The van der Waals surface area contributed by atoms with Crippen LogP contribution in [0.25, 0.3) is 0 Å². The molecule has 37 heavy (non-hydrogen) atoms. The van der Waals surface area contributed by atoms with Crippen LogP contribution in [0.2, 0.25) is 0 Å². The fourth-order valence-corrected chi connectivity index (χ4v) is 4.42. The average Bonchev–Trinajstić information content (AvgIpc) is 2.94. The molecule has 0 aliphatic rings. The number of carboxylic acid groups (broad SMARTS) is 1. The van der Waals surface area contributed by atoms with E-state index in [2.05, 4.69) is 83.0 Å². The van der Waals surface area contributed by atoms with E-state index in [-0.39, 0.29) is 5.56 Å². The fourth-order valence-electron chi connectivity index (χ4n) is 4.42. The minimum absolute atomic E-state index is 0.263. The number of aryl methyl sites for hydroxylation is 2. The first-order valence-electron chi connectivity index (χ1n) is 12.3. The molecule has 0 aromatic heterocycles. The van der Waals surface area contributed by atoms with Crippen molar-refractivity contribution in [1.82, 2.24) is 0 Å². The molecule has 0 amide bonds. The Morgan fingerprint density at radius 3 is 1.65 bits per heavy atom. The first-order chi connectivity index (χ1) is 18.2. The number of nitrogens with zero attached hydrogens (tertiary/aromatic N) is 1. The van der Waals surface area contributed by atoms with Gasteiger partial charge in [-0.05, 0) is 84.6 Å². The maximum absolute atomic E-state index is 11.8. The van der Waals surface area contributed by atoms with E-state index in [1.165, 1.54) is 5.56 Å². The smallest absolute Gasteiger partial charge is 0.337 e. The van der Waals surface area contributed by atoms with Gasteiger partial charge in [-0.3, -0.25) is 0 Å². The Morgan fingerprint density at radius 2 is 1.08 bits per heavy atom. The van der Waals surface area contributed by atoms with Crippen LogP contribution in [-0.2, 0) is 12.8 Å². The molecule has 0 aliphatic carbocycles. The second kappa shape index (κ2) is 11.3. The third-order valence-corrected chi connectivity index (χ3v) is 6.29. The van der Waals surface area contributed by atoms with E-state index >= 15 is 0 Å². The molecule has 0 saturated carbocycles. The zero-order valence-electron chi connectivity index (χ0n) is 20.4. The van der Waals surface area contributed by atoms with Gasteiger partial charge < -0.3 is 15.3 Å². The number of aromatic carboxylic acids is 1. The first kappa shape index (κ1) is 23.9. The number of carbonyl (C=O) groups is 1. The first-order valence-corrected chi connectivity index (χ1v) is 12.3. The predicted octanol–water partition coefficient (Wildman–Crippen LogP) is 8.38. The molecule has 5 rings (SSSR count). The topological polar surface area (TPSA) is 52.6 Å². The van der Waals surface area contributed by atoms with E-state index in [1.54, 1.807) is 6.07 Å². The van der Waals surface area contributed by atoms with Crippen molar-refractivity contribution in [3.05, 3.63) is 150 Å². The summed E-state index contributed by atoms with van der Waals surface area (Å²) in [6.07, 6.45) is 1.66. The van der Waals surface area contributed by atoms with E-state index in [0.717, 1.165) is 41.2 Å². The van der Waals surface area contributed by atoms with Crippen LogP contribution in [-0.4, -0.2) is 11.1 Å². The van der Waals surface area contributed by atoms with Crippen LogP contribution in [0.1, 0.15) is 21.5 Å². The number of benzene rings is 5. The molecule has 0 bridgehead atoms. The van der Waals surface area contributed by atoms with Crippen LogP contribution in [0, 0.1) is 0 Å². The highest BCUT2D eigenvalue weighted by Gasteiger charge is 2.13. The Hall–Kier alpha value is -4.83. The van der Waals surface area contributed by atoms with Gasteiger partial charge in [0.15, 0.2) is 0 Å². The largest absolute Gasteiger partial charge is 0.478 e. The van der Waals surface area contributed by atoms with Gasteiger partial charge in [-0.15, -0.1) is 0 Å². The van der Waals surface area contributed by atoms with Crippen LogP contribution < -0.4 is 10.2 Å². The zero-order chi connectivity index (χ0) is 25.5. The van der Waals surface area contributed by atoms with Gasteiger partial charge in [-0.25, -0.2) is 4.79 Å². The highest BCUT2D eigenvalue weighted by molar-refractivity contribution is 5.95. The Morgan fingerprint density at radius 1 is 0.595 bits per heavy atom. The van der Waals surface area contributed by atoms with Crippen molar-refractivity contribution in [2.75, 3.05) is 10.2 Å². The molecule has 4 nitrogen and oxygen atoms in total. The standard InChI is InChI=1S/C33H28N2O2/c36-33(37)31-23-20-26(24-32(31)34-27-10-4-1-5-11-27)17-16-25-18-21-30(22-19-25)35(28-12-6-2-7-13-28)29-14-8-3-9-15-29/h1-15,18-24,34H,16-17H2,(H,36,37). The van der Waals surface area contributed by atoms with Crippen molar-refractivity contribution in [2.24, 2.45) is 0 Å². The average molecular weight is 485 g/mol. The van der Waals surface area contributed by atoms with Gasteiger partial charge in [-0.2, -0.15) is 0 Å². The number of anilines is 5. The minimum Gasteiger partial charge on any atom is -0.478 e. The predicted molar refractivity (Wildman–Crippen MR) is 152 cm³/mol. The summed E-state index contributed by atoms with van der Waals surface area (Å²) in [6, 6.07) is 44.5. The summed E-state index contributed by atoms with van der Waals surface area (Å²) < 4.78 is 0. The summed E-state index contributed by atoms with van der Waals surface area (Å²) in [6.45, 7) is 0. The second-order valence-corrected chi connectivity index (χ2v) is 8.85. The second-order valence-electron chi connectivity index (χ2n) is 8.85. The molecule has 5 aromatic carbocycles. The number of nitrogens with one attached hydrogen (secondary N) is 1. The number of rotatable bonds is 9. The van der Waals surface area contributed by atoms with Crippen molar-refractivity contribution >= 4 is 34.4 Å². The van der Waals surface area contributed by atoms with Crippen molar-refractivity contribution < 1.29 is 9.90 Å². The summed E-state index contributed by atoms with van der Waals surface area (Å²) in [5.41, 5.74) is 7.36. The Bertz CT molecular complexity index is 1410. The lowest BCUT2D eigenvalue weighted by molar-refractivity contribution is 0.0698. The van der Waals surface area contributed by atoms with Crippen LogP contribution in [0.3, 0.4) is 0 Å². The van der Waals surface area contributed by atoms with Gasteiger partial charge in [0.1, 0.15) is 0 Å². The Kier molecular flexibility index (Phi) is 7.28. The van der Waals surface area contributed by atoms with Gasteiger partial charge in [0.25, 0.3) is 0 Å². The van der Waals surface area contributed by atoms with Gasteiger partial charge in [0.05, 0.1) is 11.3 Å². The van der Waals surface area contributed by atoms with Crippen LogP contribution in [0.4, 0.5) is 28.4 Å². The van der Waals surface area contributed by atoms with E-state index < -0.39 is 5.97 Å². The summed E-state index contributed by atoms with van der Waals surface area (Å²) in [5, 5.41) is 12.9. The molecular weight excluding hydrogens is 456 g/mol. The third-order valence-electron chi connectivity index (χ3n) is 6.29. The van der Waals surface area contributed by atoms with Crippen molar-refractivity contribution in [3.8, 4) is 0 Å². The number of para-hydroxylation sites is 3. The summed E-state index contributed by atoms with van der Waals surface area (Å²) in [7, 11) is 0. The van der Waals surface area contributed by atoms with Gasteiger partial charge in [0.2, 0.25) is 0 Å².